The highest BCUT2D eigenvalue weighted by Gasteiger charge is 2.32. The van der Waals surface area contributed by atoms with Crippen molar-refractivity contribution in [1.82, 2.24) is 10.2 Å². The van der Waals surface area contributed by atoms with Crippen LogP contribution in [-0.2, 0) is 26.2 Å². The van der Waals surface area contributed by atoms with Crippen molar-refractivity contribution < 1.29 is 22.9 Å². The number of halogens is 2. The zero-order valence-electron chi connectivity index (χ0n) is 20.5. The molecule has 0 aliphatic heterocycles. The lowest BCUT2D eigenvalue weighted by molar-refractivity contribution is -0.384. The maximum Gasteiger partial charge on any atom is 0.271 e. The molecule has 0 aromatic heterocycles. The lowest BCUT2D eigenvalue weighted by Crippen LogP contribution is -2.52. The normalized spacial score (nSPS) is 12.2. The van der Waals surface area contributed by atoms with E-state index in [1.807, 2.05) is 0 Å². The van der Waals surface area contributed by atoms with Crippen LogP contribution in [0.15, 0.2) is 36.4 Å². The molecule has 0 aliphatic carbocycles. The number of carbonyl (C=O) groups excluding carboxylic acids is 2. The summed E-state index contributed by atoms with van der Waals surface area (Å²) in [4.78, 5) is 38.2. The third-order valence-corrected chi connectivity index (χ3v) is 7.17. The summed E-state index contributed by atoms with van der Waals surface area (Å²) >= 11 is 12.6. The first kappa shape index (κ1) is 29.3. The van der Waals surface area contributed by atoms with Gasteiger partial charge in [0.1, 0.15) is 12.6 Å². The SMILES string of the molecule is Cc1ccc([N+](=O)[O-])cc1N(CC(=O)N(Cc1c(Cl)cccc1Cl)C(C)C(=O)NC(C)C)S(C)(=O)=O. The second-order valence-electron chi connectivity index (χ2n) is 8.56. The van der Waals surface area contributed by atoms with Gasteiger partial charge < -0.3 is 10.2 Å². The quantitative estimate of drug-likeness (QED) is 0.347. The maximum absolute atomic E-state index is 13.6. The Morgan fingerprint density at radius 1 is 1.11 bits per heavy atom. The van der Waals surface area contributed by atoms with Crippen LogP contribution in [-0.4, -0.2) is 54.9 Å². The molecule has 2 rings (SSSR count). The average molecular weight is 559 g/mol. The summed E-state index contributed by atoms with van der Waals surface area (Å²) in [6.45, 7) is 5.72. The standard InChI is InChI=1S/C23H28Cl2N4O6S/c1-14(2)26-23(31)16(4)27(12-18-19(24)7-6-8-20(18)25)22(30)13-28(36(5,34)35)21-11-17(29(32)33)10-9-15(21)3/h6-11,14,16H,12-13H2,1-5H3,(H,26,31). The van der Waals surface area contributed by atoms with Crippen LogP contribution in [0.5, 0.6) is 0 Å². The third-order valence-electron chi connectivity index (χ3n) is 5.34. The molecule has 0 saturated carbocycles. The van der Waals surface area contributed by atoms with Crippen LogP contribution in [0.3, 0.4) is 0 Å². The van der Waals surface area contributed by atoms with Gasteiger partial charge in [0.25, 0.3) is 5.69 Å². The Labute approximate surface area is 220 Å². The number of nitro benzene ring substituents is 1. The van der Waals surface area contributed by atoms with Crippen LogP contribution in [0.1, 0.15) is 31.9 Å². The van der Waals surface area contributed by atoms with E-state index in [2.05, 4.69) is 5.32 Å². The van der Waals surface area contributed by atoms with Crippen molar-refractivity contribution in [3.05, 3.63) is 67.7 Å². The van der Waals surface area contributed by atoms with E-state index in [1.54, 1.807) is 39.0 Å². The maximum atomic E-state index is 13.6. The number of anilines is 1. The molecule has 10 nitrogen and oxygen atoms in total. The molecule has 0 bridgehead atoms. The van der Waals surface area contributed by atoms with Gasteiger partial charge in [0, 0.05) is 40.3 Å². The van der Waals surface area contributed by atoms with Crippen molar-refractivity contribution in [2.45, 2.75) is 46.3 Å². The van der Waals surface area contributed by atoms with Crippen LogP contribution in [0.4, 0.5) is 11.4 Å². The first-order valence-electron chi connectivity index (χ1n) is 10.9. The van der Waals surface area contributed by atoms with E-state index >= 15 is 0 Å². The molecule has 1 atom stereocenters. The molecule has 1 N–H and O–H groups in total. The number of benzene rings is 2. The molecule has 1 unspecified atom stereocenters. The van der Waals surface area contributed by atoms with Gasteiger partial charge in [-0.15, -0.1) is 0 Å². The lowest BCUT2D eigenvalue weighted by Gasteiger charge is -2.32. The van der Waals surface area contributed by atoms with Crippen molar-refractivity contribution in [2.24, 2.45) is 0 Å². The highest BCUT2D eigenvalue weighted by molar-refractivity contribution is 7.92. The highest BCUT2D eigenvalue weighted by Crippen LogP contribution is 2.29. The van der Waals surface area contributed by atoms with Gasteiger partial charge in [0.2, 0.25) is 21.8 Å². The van der Waals surface area contributed by atoms with E-state index < -0.39 is 39.3 Å². The Morgan fingerprint density at radius 3 is 2.19 bits per heavy atom. The summed E-state index contributed by atoms with van der Waals surface area (Å²) in [6.07, 6.45) is 0.892. The molecule has 13 heteroatoms. The van der Waals surface area contributed by atoms with Gasteiger partial charge in [-0.1, -0.05) is 35.3 Å². The molecule has 0 heterocycles. The van der Waals surface area contributed by atoms with Gasteiger partial charge in [-0.25, -0.2) is 8.42 Å². The highest BCUT2D eigenvalue weighted by atomic mass is 35.5. The number of nitro groups is 1. The molecular weight excluding hydrogens is 531 g/mol. The Balaban J connectivity index is 2.54. The van der Waals surface area contributed by atoms with Gasteiger partial charge in [-0.05, 0) is 45.4 Å². The molecule has 2 aromatic carbocycles. The minimum Gasteiger partial charge on any atom is -0.352 e. The lowest BCUT2D eigenvalue weighted by atomic mass is 10.1. The van der Waals surface area contributed by atoms with Gasteiger partial charge in [-0.2, -0.15) is 0 Å². The number of sulfonamides is 1. The van der Waals surface area contributed by atoms with Gasteiger partial charge in [0.05, 0.1) is 16.9 Å². The molecule has 36 heavy (non-hydrogen) atoms. The monoisotopic (exact) mass is 558 g/mol. The molecule has 0 saturated heterocycles. The summed E-state index contributed by atoms with van der Waals surface area (Å²) in [5.41, 5.74) is 0.442. The first-order chi connectivity index (χ1) is 16.6. The number of nitrogens with one attached hydrogen (secondary N) is 1. The van der Waals surface area contributed by atoms with Crippen LogP contribution in [0.2, 0.25) is 10.0 Å². The molecule has 0 aliphatic rings. The average Bonchev–Trinajstić information content (AvgIpc) is 2.76. The number of amides is 2. The second kappa shape index (κ2) is 11.9. The van der Waals surface area contributed by atoms with E-state index in [1.165, 1.54) is 24.0 Å². The summed E-state index contributed by atoms with van der Waals surface area (Å²) in [7, 11) is -4.06. The Morgan fingerprint density at radius 2 is 1.69 bits per heavy atom. The number of carbonyl (C=O) groups is 2. The van der Waals surface area contributed by atoms with Crippen molar-refractivity contribution in [3.63, 3.8) is 0 Å². The zero-order chi connectivity index (χ0) is 27.4. The van der Waals surface area contributed by atoms with Crippen LogP contribution < -0.4 is 9.62 Å². The largest absolute Gasteiger partial charge is 0.352 e. The van der Waals surface area contributed by atoms with Crippen molar-refractivity contribution >= 4 is 56.4 Å². The summed E-state index contributed by atoms with van der Waals surface area (Å²) < 4.78 is 26.2. The fraction of sp³-hybridized carbons (Fsp3) is 0.391. The Bertz CT molecular complexity index is 1250. The van der Waals surface area contributed by atoms with Crippen LogP contribution in [0.25, 0.3) is 0 Å². The summed E-state index contributed by atoms with van der Waals surface area (Å²) in [6, 6.07) is 7.31. The Kier molecular flexibility index (Phi) is 9.70. The molecular formula is C23H28Cl2N4O6S. The molecule has 196 valence electrons. The third kappa shape index (κ3) is 7.31. The predicted octanol–water partition coefficient (Wildman–Crippen LogP) is 3.92. The first-order valence-corrected chi connectivity index (χ1v) is 13.5. The predicted molar refractivity (Wildman–Crippen MR) is 140 cm³/mol. The van der Waals surface area contributed by atoms with E-state index in [9.17, 15) is 28.1 Å². The van der Waals surface area contributed by atoms with E-state index in [0.29, 0.717) is 11.1 Å². The summed E-state index contributed by atoms with van der Waals surface area (Å²) in [5, 5.41) is 14.6. The molecule has 0 fully saturated rings. The van der Waals surface area contributed by atoms with Crippen LogP contribution in [0, 0.1) is 17.0 Å². The summed E-state index contributed by atoms with van der Waals surface area (Å²) in [5.74, 6) is -1.19. The Hall–Kier alpha value is -2.89. The minimum atomic E-state index is -4.06. The second-order valence-corrected chi connectivity index (χ2v) is 11.3. The topological polar surface area (TPSA) is 130 Å². The molecule has 0 radical (unpaired) electrons. The smallest absolute Gasteiger partial charge is 0.271 e. The number of hydrogen-bond acceptors (Lipinski definition) is 6. The van der Waals surface area contributed by atoms with Gasteiger partial charge in [0.15, 0.2) is 0 Å². The molecule has 2 aromatic rings. The van der Waals surface area contributed by atoms with Crippen molar-refractivity contribution in [2.75, 3.05) is 17.1 Å². The van der Waals surface area contributed by atoms with Gasteiger partial charge >= 0.3 is 0 Å². The fourth-order valence-electron chi connectivity index (χ4n) is 3.42. The van der Waals surface area contributed by atoms with Crippen molar-refractivity contribution in [1.29, 1.82) is 0 Å². The molecule has 0 spiro atoms. The number of non-ortho nitro benzene ring substituents is 1. The van der Waals surface area contributed by atoms with E-state index in [0.717, 1.165) is 16.6 Å². The number of hydrogen-bond donors (Lipinski definition) is 1. The van der Waals surface area contributed by atoms with Crippen LogP contribution >= 0.6 is 23.2 Å². The van der Waals surface area contributed by atoms with E-state index in [-0.39, 0.29) is 34.0 Å². The minimum absolute atomic E-state index is 0.0185. The van der Waals surface area contributed by atoms with Crippen molar-refractivity contribution in [3.8, 4) is 0 Å². The number of aryl methyl sites for hydroxylation is 1. The van der Waals surface area contributed by atoms with Gasteiger partial charge in [-0.3, -0.25) is 24.0 Å². The van der Waals surface area contributed by atoms with E-state index in [4.69, 9.17) is 23.2 Å². The number of rotatable bonds is 10. The molecule has 2 amide bonds. The zero-order valence-corrected chi connectivity index (χ0v) is 22.8. The fourth-order valence-corrected chi connectivity index (χ4v) is 4.83. The number of nitrogens with zero attached hydrogens (tertiary/aromatic N) is 3.